The second kappa shape index (κ2) is 8.04. The molecule has 2 nitrogen and oxygen atoms in total. The first-order valence-electron chi connectivity index (χ1n) is 8.23. The summed E-state index contributed by atoms with van der Waals surface area (Å²) in [5, 5.41) is 3.58. The Morgan fingerprint density at radius 2 is 1.71 bits per heavy atom. The van der Waals surface area contributed by atoms with Gasteiger partial charge in [-0.15, -0.1) is 0 Å². The molecule has 1 atom stereocenters. The summed E-state index contributed by atoms with van der Waals surface area (Å²) in [7, 11) is 0. The van der Waals surface area contributed by atoms with E-state index < -0.39 is 0 Å². The van der Waals surface area contributed by atoms with Crippen LogP contribution >= 0.6 is 0 Å². The predicted octanol–water partition coefficient (Wildman–Crippen LogP) is 4.55. The zero-order chi connectivity index (χ0) is 15.1. The molecule has 0 saturated heterocycles. The van der Waals surface area contributed by atoms with E-state index in [9.17, 15) is 0 Å². The van der Waals surface area contributed by atoms with Crippen LogP contribution in [0.15, 0.2) is 42.7 Å². The lowest BCUT2D eigenvalue weighted by Crippen LogP contribution is -2.20. The third-order valence-electron chi connectivity index (χ3n) is 4.00. The summed E-state index contributed by atoms with van der Waals surface area (Å²) < 4.78 is 2.29. The van der Waals surface area contributed by atoms with E-state index in [1.54, 1.807) is 0 Å². The molecule has 1 aromatic carbocycles. The van der Waals surface area contributed by atoms with Crippen LogP contribution in [0.5, 0.6) is 0 Å². The van der Waals surface area contributed by atoms with Gasteiger partial charge in [0, 0.05) is 25.0 Å². The Morgan fingerprint density at radius 3 is 2.33 bits per heavy atom. The Labute approximate surface area is 129 Å². The molecule has 1 aromatic heterocycles. The Balaban J connectivity index is 2.04. The second-order valence-electron chi connectivity index (χ2n) is 5.69. The van der Waals surface area contributed by atoms with Crippen LogP contribution in [0.3, 0.4) is 0 Å². The highest BCUT2D eigenvalue weighted by Crippen LogP contribution is 2.19. The number of hydrogen-bond donors (Lipinski definition) is 1. The van der Waals surface area contributed by atoms with E-state index in [4.69, 9.17) is 0 Å². The molecule has 0 radical (unpaired) electrons. The Bertz CT molecular complexity index is 519. The van der Waals surface area contributed by atoms with Gasteiger partial charge in [0.25, 0.3) is 0 Å². The van der Waals surface area contributed by atoms with Gasteiger partial charge in [-0.05, 0) is 42.1 Å². The van der Waals surface area contributed by atoms with Crippen LogP contribution in [-0.4, -0.2) is 11.1 Å². The summed E-state index contributed by atoms with van der Waals surface area (Å²) in [6.07, 6.45) is 8.00. The van der Waals surface area contributed by atoms with Crippen LogP contribution < -0.4 is 5.32 Å². The predicted molar refractivity (Wildman–Crippen MR) is 90.7 cm³/mol. The SMILES string of the molecule is CCCC(NCC)c1ccn(Cc2ccc(CC)cc2)c1. The molecule has 0 aliphatic rings. The molecule has 1 unspecified atom stereocenters. The maximum absolute atomic E-state index is 3.58. The van der Waals surface area contributed by atoms with Crippen LogP contribution in [0.4, 0.5) is 0 Å². The third kappa shape index (κ3) is 4.47. The molecule has 0 aliphatic heterocycles. The maximum Gasteiger partial charge on any atom is 0.0470 e. The van der Waals surface area contributed by atoms with Gasteiger partial charge in [-0.2, -0.15) is 0 Å². The number of nitrogens with zero attached hydrogens (tertiary/aromatic N) is 1. The van der Waals surface area contributed by atoms with E-state index >= 15 is 0 Å². The minimum Gasteiger partial charge on any atom is -0.350 e. The molecule has 0 aliphatic carbocycles. The van der Waals surface area contributed by atoms with Crippen molar-refractivity contribution in [1.82, 2.24) is 9.88 Å². The largest absolute Gasteiger partial charge is 0.350 e. The van der Waals surface area contributed by atoms with Crippen LogP contribution in [0, 0.1) is 0 Å². The summed E-state index contributed by atoms with van der Waals surface area (Å²) in [4.78, 5) is 0. The molecule has 0 amide bonds. The number of rotatable bonds is 8. The highest BCUT2D eigenvalue weighted by Gasteiger charge is 2.10. The van der Waals surface area contributed by atoms with Crippen molar-refractivity contribution in [3.8, 4) is 0 Å². The van der Waals surface area contributed by atoms with Gasteiger partial charge in [0.05, 0.1) is 0 Å². The lowest BCUT2D eigenvalue weighted by atomic mass is 10.1. The van der Waals surface area contributed by atoms with Crippen molar-refractivity contribution in [2.45, 2.75) is 52.6 Å². The van der Waals surface area contributed by atoms with E-state index in [1.807, 2.05) is 0 Å². The smallest absolute Gasteiger partial charge is 0.0470 e. The second-order valence-corrected chi connectivity index (χ2v) is 5.69. The average molecular weight is 284 g/mol. The first-order valence-corrected chi connectivity index (χ1v) is 8.23. The zero-order valence-electron chi connectivity index (χ0n) is 13.6. The van der Waals surface area contributed by atoms with Crippen LogP contribution in [-0.2, 0) is 13.0 Å². The molecule has 21 heavy (non-hydrogen) atoms. The summed E-state index contributed by atoms with van der Waals surface area (Å²) in [5.74, 6) is 0. The summed E-state index contributed by atoms with van der Waals surface area (Å²) in [6, 6.07) is 11.7. The van der Waals surface area contributed by atoms with E-state index in [1.165, 1.54) is 29.5 Å². The highest BCUT2D eigenvalue weighted by atomic mass is 15.0. The van der Waals surface area contributed by atoms with Gasteiger partial charge < -0.3 is 9.88 Å². The van der Waals surface area contributed by atoms with Crippen molar-refractivity contribution < 1.29 is 0 Å². The molecular formula is C19H28N2. The summed E-state index contributed by atoms with van der Waals surface area (Å²) >= 11 is 0. The lowest BCUT2D eigenvalue weighted by Gasteiger charge is -2.15. The van der Waals surface area contributed by atoms with Crippen molar-refractivity contribution in [1.29, 1.82) is 0 Å². The monoisotopic (exact) mass is 284 g/mol. The van der Waals surface area contributed by atoms with Crippen molar-refractivity contribution in [2.75, 3.05) is 6.54 Å². The first-order chi connectivity index (χ1) is 10.3. The maximum atomic E-state index is 3.58. The lowest BCUT2D eigenvalue weighted by molar-refractivity contribution is 0.508. The molecule has 2 aromatic rings. The minimum absolute atomic E-state index is 0.490. The fraction of sp³-hybridized carbons (Fsp3) is 0.474. The van der Waals surface area contributed by atoms with Crippen molar-refractivity contribution in [2.24, 2.45) is 0 Å². The normalized spacial score (nSPS) is 12.5. The highest BCUT2D eigenvalue weighted by molar-refractivity contribution is 5.24. The minimum atomic E-state index is 0.490. The molecule has 0 fully saturated rings. The van der Waals surface area contributed by atoms with Gasteiger partial charge in [0.2, 0.25) is 0 Å². The van der Waals surface area contributed by atoms with E-state index in [-0.39, 0.29) is 0 Å². The summed E-state index contributed by atoms with van der Waals surface area (Å²) in [5.41, 5.74) is 4.18. The number of aromatic nitrogens is 1. The van der Waals surface area contributed by atoms with E-state index in [2.05, 4.69) is 73.4 Å². The number of nitrogens with one attached hydrogen (secondary N) is 1. The standard InChI is InChI=1S/C19H28N2/c1-4-7-19(20-6-3)18-12-13-21(15-18)14-17-10-8-16(5-2)9-11-17/h8-13,15,19-20H,4-7,14H2,1-3H3. The fourth-order valence-electron chi connectivity index (χ4n) is 2.78. The molecule has 1 N–H and O–H groups in total. The van der Waals surface area contributed by atoms with Crippen molar-refractivity contribution in [3.63, 3.8) is 0 Å². The van der Waals surface area contributed by atoms with E-state index in [0.29, 0.717) is 6.04 Å². The Kier molecular flexibility index (Phi) is 6.06. The fourth-order valence-corrected chi connectivity index (χ4v) is 2.78. The van der Waals surface area contributed by atoms with Crippen LogP contribution in [0.25, 0.3) is 0 Å². The van der Waals surface area contributed by atoms with Gasteiger partial charge in [0.1, 0.15) is 0 Å². The zero-order valence-corrected chi connectivity index (χ0v) is 13.6. The molecule has 2 rings (SSSR count). The molecular weight excluding hydrogens is 256 g/mol. The van der Waals surface area contributed by atoms with E-state index in [0.717, 1.165) is 19.5 Å². The van der Waals surface area contributed by atoms with Gasteiger partial charge in [-0.3, -0.25) is 0 Å². The van der Waals surface area contributed by atoms with Crippen LogP contribution in [0.1, 0.15) is 56.3 Å². The van der Waals surface area contributed by atoms with Gasteiger partial charge >= 0.3 is 0 Å². The van der Waals surface area contributed by atoms with Crippen molar-refractivity contribution >= 4 is 0 Å². The van der Waals surface area contributed by atoms with Crippen molar-refractivity contribution in [3.05, 3.63) is 59.4 Å². The Morgan fingerprint density at radius 1 is 1.00 bits per heavy atom. The number of aryl methyl sites for hydroxylation is 1. The Hall–Kier alpha value is -1.54. The molecule has 0 bridgehead atoms. The molecule has 2 heteroatoms. The summed E-state index contributed by atoms with van der Waals surface area (Å²) in [6.45, 7) is 8.59. The van der Waals surface area contributed by atoms with Gasteiger partial charge in [-0.1, -0.05) is 51.5 Å². The quantitative estimate of drug-likeness (QED) is 0.752. The van der Waals surface area contributed by atoms with Crippen LogP contribution in [0.2, 0.25) is 0 Å². The number of hydrogen-bond acceptors (Lipinski definition) is 1. The molecule has 0 spiro atoms. The van der Waals surface area contributed by atoms with Gasteiger partial charge in [-0.25, -0.2) is 0 Å². The molecule has 0 saturated carbocycles. The average Bonchev–Trinajstić information content (AvgIpc) is 2.96. The first kappa shape index (κ1) is 15.8. The molecule has 114 valence electrons. The third-order valence-corrected chi connectivity index (χ3v) is 4.00. The number of benzene rings is 1. The van der Waals surface area contributed by atoms with Gasteiger partial charge in [0.15, 0.2) is 0 Å². The molecule has 1 heterocycles. The topological polar surface area (TPSA) is 17.0 Å².